The first-order chi connectivity index (χ1) is 9.65. The molecule has 2 atom stereocenters. The number of nitrogens with zero attached hydrogens (tertiary/aromatic N) is 1. The molecule has 0 radical (unpaired) electrons. The monoisotopic (exact) mass is 274 g/mol. The van der Waals surface area contributed by atoms with Crippen LogP contribution >= 0.6 is 0 Å². The number of hydrogen-bond donors (Lipinski definition) is 1. The lowest BCUT2D eigenvalue weighted by Gasteiger charge is -2.34. The van der Waals surface area contributed by atoms with Gasteiger partial charge in [-0.1, -0.05) is 32.0 Å². The fraction of sp³-hybridized carbons (Fsp3) is 0.588. The number of amides is 1. The number of likely N-dealkylation sites (tertiary alicyclic amines) is 1. The van der Waals surface area contributed by atoms with Crippen molar-refractivity contribution in [2.75, 3.05) is 26.2 Å². The van der Waals surface area contributed by atoms with E-state index in [1.54, 1.807) is 0 Å². The minimum atomic E-state index is 0.0333. The van der Waals surface area contributed by atoms with Gasteiger partial charge in [0.25, 0.3) is 5.91 Å². The molecule has 0 spiro atoms. The van der Waals surface area contributed by atoms with Crippen LogP contribution in [-0.2, 0) is 0 Å². The van der Waals surface area contributed by atoms with Crippen molar-refractivity contribution in [3.8, 4) is 0 Å². The van der Waals surface area contributed by atoms with Crippen molar-refractivity contribution in [3.63, 3.8) is 0 Å². The van der Waals surface area contributed by atoms with Crippen LogP contribution in [-0.4, -0.2) is 37.0 Å². The highest BCUT2D eigenvalue weighted by molar-refractivity contribution is 5.94. The van der Waals surface area contributed by atoms with E-state index >= 15 is 0 Å². The summed E-state index contributed by atoms with van der Waals surface area (Å²) >= 11 is 0. The largest absolute Gasteiger partial charge is 0.352 e. The standard InChI is InChI=1S/C17H26N2O/c1-14-11-15(2)13-19(12-14)10-6-9-18-17(20)16-7-4-3-5-8-16/h3-5,7-8,14-15H,6,9-13H2,1-2H3,(H,18,20)/t14-,15+. The zero-order chi connectivity index (χ0) is 14.4. The van der Waals surface area contributed by atoms with Crippen molar-refractivity contribution in [3.05, 3.63) is 35.9 Å². The number of benzene rings is 1. The van der Waals surface area contributed by atoms with Gasteiger partial charge in [0.2, 0.25) is 0 Å². The number of nitrogens with one attached hydrogen (secondary N) is 1. The molecule has 0 unspecified atom stereocenters. The van der Waals surface area contributed by atoms with E-state index in [4.69, 9.17) is 0 Å². The SMILES string of the molecule is C[C@@H]1C[C@H](C)CN(CCCNC(=O)c2ccccc2)C1. The molecule has 1 aliphatic rings. The van der Waals surface area contributed by atoms with Crippen LogP contribution in [0.4, 0.5) is 0 Å². The first-order valence-electron chi connectivity index (χ1n) is 7.70. The van der Waals surface area contributed by atoms with Crippen molar-refractivity contribution < 1.29 is 4.79 Å². The van der Waals surface area contributed by atoms with E-state index in [0.29, 0.717) is 0 Å². The third kappa shape index (κ3) is 4.64. The molecule has 3 heteroatoms. The molecule has 20 heavy (non-hydrogen) atoms. The fourth-order valence-electron chi connectivity index (χ4n) is 3.17. The van der Waals surface area contributed by atoms with Gasteiger partial charge in [0, 0.05) is 25.2 Å². The highest BCUT2D eigenvalue weighted by Crippen LogP contribution is 2.20. The van der Waals surface area contributed by atoms with Gasteiger partial charge in [0.1, 0.15) is 0 Å². The number of hydrogen-bond acceptors (Lipinski definition) is 2. The van der Waals surface area contributed by atoms with Gasteiger partial charge in [-0.2, -0.15) is 0 Å². The van der Waals surface area contributed by atoms with Crippen molar-refractivity contribution in [2.45, 2.75) is 26.7 Å². The van der Waals surface area contributed by atoms with E-state index in [0.717, 1.165) is 36.9 Å². The first kappa shape index (κ1) is 15.0. The zero-order valence-electron chi connectivity index (χ0n) is 12.6. The maximum atomic E-state index is 11.9. The molecule has 0 aromatic heterocycles. The summed E-state index contributed by atoms with van der Waals surface area (Å²) in [7, 11) is 0. The Bertz CT molecular complexity index is 408. The van der Waals surface area contributed by atoms with Crippen molar-refractivity contribution in [1.29, 1.82) is 0 Å². The molecular formula is C17H26N2O. The van der Waals surface area contributed by atoms with Gasteiger partial charge in [-0.15, -0.1) is 0 Å². The average Bonchev–Trinajstić information content (AvgIpc) is 2.43. The van der Waals surface area contributed by atoms with Crippen LogP contribution in [0.15, 0.2) is 30.3 Å². The van der Waals surface area contributed by atoms with Crippen molar-refractivity contribution in [1.82, 2.24) is 10.2 Å². The highest BCUT2D eigenvalue weighted by atomic mass is 16.1. The Morgan fingerprint density at radius 3 is 2.50 bits per heavy atom. The lowest BCUT2D eigenvalue weighted by atomic mass is 9.92. The molecule has 2 rings (SSSR count). The average molecular weight is 274 g/mol. The Hall–Kier alpha value is -1.35. The molecule has 0 aliphatic carbocycles. The maximum Gasteiger partial charge on any atom is 0.251 e. The highest BCUT2D eigenvalue weighted by Gasteiger charge is 2.20. The molecule has 110 valence electrons. The minimum Gasteiger partial charge on any atom is -0.352 e. The third-order valence-corrected chi connectivity index (χ3v) is 3.92. The number of piperidine rings is 1. The molecule has 1 aromatic rings. The van der Waals surface area contributed by atoms with Crippen LogP contribution in [0, 0.1) is 11.8 Å². The molecule has 1 amide bonds. The Morgan fingerprint density at radius 1 is 1.20 bits per heavy atom. The summed E-state index contributed by atoms with van der Waals surface area (Å²) in [6.07, 6.45) is 2.37. The van der Waals surface area contributed by atoms with Crippen LogP contribution in [0.1, 0.15) is 37.0 Å². The summed E-state index contributed by atoms with van der Waals surface area (Å²) in [4.78, 5) is 14.4. The molecule has 1 fully saturated rings. The lowest BCUT2D eigenvalue weighted by molar-refractivity contribution is 0.0947. The third-order valence-electron chi connectivity index (χ3n) is 3.92. The lowest BCUT2D eigenvalue weighted by Crippen LogP contribution is -2.40. The molecule has 3 nitrogen and oxygen atoms in total. The van der Waals surface area contributed by atoms with E-state index in [9.17, 15) is 4.79 Å². The number of rotatable bonds is 5. The summed E-state index contributed by atoms with van der Waals surface area (Å²) in [6.45, 7) is 8.92. The van der Waals surface area contributed by atoms with E-state index in [1.807, 2.05) is 30.3 Å². The Morgan fingerprint density at radius 2 is 1.85 bits per heavy atom. The summed E-state index contributed by atoms with van der Waals surface area (Å²) in [5.74, 6) is 1.64. The van der Waals surface area contributed by atoms with E-state index < -0.39 is 0 Å². The summed E-state index contributed by atoms with van der Waals surface area (Å²) in [5, 5.41) is 3.00. The van der Waals surface area contributed by atoms with Crippen LogP contribution < -0.4 is 5.32 Å². The van der Waals surface area contributed by atoms with Crippen LogP contribution in [0.3, 0.4) is 0 Å². The zero-order valence-corrected chi connectivity index (χ0v) is 12.6. The smallest absolute Gasteiger partial charge is 0.251 e. The molecule has 1 N–H and O–H groups in total. The van der Waals surface area contributed by atoms with Crippen LogP contribution in [0.5, 0.6) is 0 Å². The normalized spacial score (nSPS) is 23.5. The first-order valence-corrected chi connectivity index (χ1v) is 7.70. The molecule has 0 saturated carbocycles. The molecule has 1 aromatic carbocycles. The van der Waals surface area contributed by atoms with E-state index in [-0.39, 0.29) is 5.91 Å². The van der Waals surface area contributed by atoms with Crippen molar-refractivity contribution in [2.24, 2.45) is 11.8 Å². The van der Waals surface area contributed by atoms with E-state index in [2.05, 4.69) is 24.1 Å². The van der Waals surface area contributed by atoms with Gasteiger partial charge in [-0.05, 0) is 43.4 Å². The minimum absolute atomic E-state index is 0.0333. The van der Waals surface area contributed by atoms with E-state index in [1.165, 1.54) is 19.5 Å². The molecular weight excluding hydrogens is 248 g/mol. The Kier molecular flexibility index (Phi) is 5.60. The van der Waals surface area contributed by atoms with Crippen LogP contribution in [0.2, 0.25) is 0 Å². The predicted molar refractivity (Wildman–Crippen MR) is 82.8 cm³/mol. The second-order valence-corrected chi connectivity index (χ2v) is 6.18. The second-order valence-electron chi connectivity index (χ2n) is 6.18. The molecule has 0 bridgehead atoms. The summed E-state index contributed by atoms with van der Waals surface area (Å²) in [5.41, 5.74) is 0.743. The van der Waals surface area contributed by atoms with Gasteiger partial charge in [0.15, 0.2) is 0 Å². The summed E-state index contributed by atoms with van der Waals surface area (Å²) in [6, 6.07) is 9.42. The predicted octanol–water partition coefficient (Wildman–Crippen LogP) is 2.78. The topological polar surface area (TPSA) is 32.3 Å². The van der Waals surface area contributed by atoms with Gasteiger partial charge in [-0.3, -0.25) is 4.79 Å². The van der Waals surface area contributed by atoms with Gasteiger partial charge in [-0.25, -0.2) is 0 Å². The molecule has 1 heterocycles. The molecule has 1 saturated heterocycles. The van der Waals surface area contributed by atoms with Gasteiger partial charge in [0.05, 0.1) is 0 Å². The quantitative estimate of drug-likeness (QED) is 0.837. The molecule has 1 aliphatic heterocycles. The Balaban J connectivity index is 1.65. The number of carbonyl (C=O) groups excluding carboxylic acids is 1. The fourth-order valence-corrected chi connectivity index (χ4v) is 3.17. The number of carbonyl (C=O) groups is 1. The maximum absolute atomic E-state index is 11.9. The summed E-state index contributed by atoms with van der Waals surface area (Å²) < 4.78 is 0. The van der Waals surface area contributed by atoms with Gasteiger partial charge >= 0.3 is 0 Å². The van der Waals surface area contributed by atoms with Crippen molar-refractivity contribution >= 4 is 5.91 Å². The van der Waals surface area contributed by atoms with Gasteiger partial charge < -0.3 is 10.2 Å². The Labute approximate surface area is 122 Å². The van der Waals surface area contributed by atoms with Crippen LogP contribution in [0.25, 0.3) is 0 Å². The second kappa shape index (κ2) is 7.44.